The highest BCUT2D eigenvalue weighted by Crippen LogP contribution is 2.29. The van der Waals surface area contributed by atoms with Gasteiger partial charge in [-0.1, -0.05) is 18.2 Å². The molecule has 0 aromatic heterocycles. The fourth-order valence-corrected chi connectivity index (χ4v) is 2.33. The molecule has 0 spiro atoms. The summed E-state index contributed by atoms with van der Waals surface area (Å²) in [5, 5.41) is 8.72. The standard InChI is InChI=1S/C15H20N2/c1-12-5-3-6-13(2)15(12)11-17(10-4-9-16)14-7-8-14/h3,5-6,14H,4,7-8,10-11H2,1-2H3. The molecule has 90 valence electrons. The van der Waals surface area contributed by atoms with E-state index in [1.165, 1.54) is 29.5 Å². The number of nitriles is 1. The van der Waals surface area contributed by atoms with Crippen LogP contribution in [0.15, 0.2) is 18.2 Å². The van der Waals surface area contributed by atoms with Crippen LogP contribution in [-0.2, 0) is 6.54 Å². The summed E-state index contributed by atoms with van der Waals surface area (Å²) in [7, 11) is 0. The van der Waals surface area contributed by atoms with Crippen LogP contribution in [0.1, 0.15) is 36.0 Å². The van der Waals surface area contributed by atoms with Gasteiger partial charge >= 0.3 is 0 Å². The first kappa shape index (κ1) is 12.1. The second-order valence-corrected chi connectivity index (χ2v) is 4.98. The van der Waals surface area contributed by atoms with Crippen molar-refractivity contribution in [2.24, 2.45) is 0 Å². The summed E-state index contributed by atoms with van der Waals surface area (Å²) < 4.78 is 0. The molecule has 2 nitrogen and oxygen atoms in total. The highest BCUT2D eigenvalue weighted by Gasteiger charge is 2.28. The first-order valence-electron chi connectivity index (χ1n) is 6.38. The van der Waals surface area contributed by atoms with E-state index in [4.69, 9.17) is 5.26 Å². The molecule has 1 saturated carbocycles. The molecule has 1 aliphatic rings. The van der Waals surface area contributed by atoms with Crippen LogP contribution in [0.2, 0.25) is 0 Å². The Morgan fingerprint density at radius 3 is 2.47 bits per heavy atom. The fraction of sp³-hybridized carbons (Fsp3) is 0.533. The number of hydrogen-bond donors (Lipinski definition) is 0. The highest BCUT2D eigenvalue weighted by molar-refractivity contribution is 5.33. The maximum absolute atomic E-state index is 8.72. The molecule has 0 bridgehead atoms. The molecule has 0 unspecified atom stereocenters. The number of aryl methyl sites for hydroxylation is 2. The van der Waals surface area contributed by atoms with Crippen LogP contribution >= 0.6 is 0 Å². The third kappa shape index (κ3) is 3.08. The van der Waals surface area contributed by atoms with E-state index < -0.39 is 0 Å². The molecule has 0 heterocycles. The average molecular weight is 228 g/mol. The summed E-state index contributed by atoms with van der Waals surface area (Å²) in [4.78, 5) is 2.47. The van der Waals surface area contributed by atoms with Crippen LogP contribution in [0, 0.1) is 25.2 Å². The largest absolute Gasteiger partial charge is 0.295 e. The van der Waals surface area contributed by atoms with Gasteiger partial charge in [-0.15, -0.1) is 0 Å². The maximum atomic E-state index is 8.72. The molecule has 0 radical (unpaired) electrons. The van der Waals surface area contributed by atoms with Gasteiger partial charge in [0.25, 0.3) is 0 Å². The Labute approximate surface area is 104 Å². The van der Waals surface area contributed by atoms with Crippen LogP contribution in [0.4, 0.5) is 0 Å². The van der Waals surface area contributed by atoms with Gasteiger partial charge < -0.3 is 0 Å². The monoisotopic (exact) mass is 228 g/mol. The number of rotatable bonds is 5. The molecule has 2 rings (SSSR count). The predicted molar refractivity (Wildman–Crippen MR) is 69.6 cm³/mol. The van der Waals surface area contributed by atoms with Crippen molar-refractivity contribution in [2.45, 2.75) is 45.7 Å². The van der Waals surface area contributed by atoms with Gasteiger partial charge in [0.2, 0.25) is 0 Å². The lowest BCUT2D eigenvalue weighted by atomic mass is 10.0. The van der Waals surface area contributed by atoms with Crippen molar-refractivity contribution >= 4 is 0 Å². The van der Waals surface area contributed by atoms with Crippen LogP contribution in [0.3, 0.4) is 0 Å². The van der Waals surface area contributed by atoms with Crippen molar-refractivity contribution in [1.82, 2.24) is 4.90 Å². The van der Waals surface area contributed by atoms with Crippen molar-refractivity contribution in [3.05, 3.63) is 34.9 Å². The molecule has 1 aliphatic carbocycles. The SMILES string of the molecule is Cc1cccc(C)c1CN(CCC#N)C1CC1. The van der Waals surface area contributed by atoms with E-state index in [9.17, 15) is 0 Å². The fourth-order valence-electron chi connectivity index (χ4n) is 2.33. The van der Waals surface area contributed by atoms with Gasteiger partial charge in [-0.25, -0.2) is 0 Å². The molecule has 0 amide bonds. The normalized spacial score (nSPS) is 14.9. The zero-order valence-electron chi connectivity index (χ0n) is 10.7. The molecule has 1 aromatic carbocycles. The molecular formula is C15H20N2. The second kappa shape index (κ2) is 5.33. The van der Waals surface area contributed by atoms with Gasteiger partial charge in [0.1, 0.15) is 0 Å². The molecule has 1 aromatic rings. The molecular weight excluding hydrogens is 208 g/mol. The van der Waals surface area contributed by atoms with E-state index in [1.807, 2.05) is 0 Å². The van der Waals surface area contributed by atoms with Crippen LogP contribution in [0.5, 0.6) is 0 Å². The minimum absolute atomic E-state index is 0.640. The van der Waals surface area contributed by atoms with E-state index >= 15 is 0 Å². The minimum atomic E-state index is 0.640. The molecule has 0 N–H and O–H groups in total. The lowest BCUT2D eigenvalue weighted by Crippen LogP contribution is -2.27. The van der Waals surface area contributed by atoms with Crippen molar-refractivity contribution in [1.29, 1.82) is 5.26 Å². The van der Waals surface area contributed by atoms with Crippen LogP contribution in [-0.4, -0.2) is 17.5 Å². The van der Waals surface area contributed by atoms with E-state index in [0.29, 0.717) is 6.42 Å². The van der Waals surface area contributed by atoms with Crippen LogP contribution < -0.4 is 0 Å². The summed E-state index contributed by atoms with van der Waals surface area (Å²) in [6, 6.07) is 9.45. The lowest BCUT2D eigenvalue weighted by molar-refractivity contribution is 0.260. The Morgan fingerprint density at radius 1 is 1.29 bits per heavy atom. The van der Waals surface area contributed by atoms with Crippen molar-refractivity contribution in [3.8, 4) is 6.07 Å². The first-order valence-corrected chi connectivity index (χ1v) is 6.38. The molecule has 0 aliphatic heterocycles. The molecule has 17 heavy (non-hydrogen) atoms. The zero-order valence-corrected chi connectivity index (χ0v) is 10.7. The Balaban J connectivity index is 2.09. The van der Waals surface area contributed by atoms with Crippen molar-refractivity contribution in [3.63, 3.8) is 0 Å². The minimum Gasteiger partial charge on any atom is -0.295 e. The summed E-state index contributed by atoms with van der Waals surface area (Å²) in [6.45, 7) is 6.27. The number of nitrogens with zero attached hydrogens (tertiary/aromatic N) is 2. The van der Waals surface area contributed by atoms with Gasteiger partial charge in [0.15, 0.2) is 0 Å². The van der Waals surface area contributed by atoms with E-state index in [1.54, 1.807) is 0 Å². The quantitative estimate of drug-likeness (QED) is 0.774. The Bertz CT molecular complexity index is 407. The number of hydrogen-bond acceptors (Lipinski definition) is 2. The smallest absolute Gasteiger partial charge is 0.0635 e. The van der Waals surface area contributed by atoms with Gasteiger partial charge in [-0.2, -0.15) is 5.26 Å². The Morgan fingerprint density at radius 2 is 1.94 bits per heavy atom. The van der Waals surface area contributed by atoms with Gasteiger partial charge in [-0.05, 0) is 43.4 Å². The predicted octanol–water partition coefficient (Wildman–Crippen LogP) is 3.18. The summed E-state index contributed by atoms with van der Waals surface area (Å²) in [6.07, 6.45) is 3.24. The Kier molecular flexibility index (Phi) is 3.81. The Hall–Kier alpha value is -1.33. The zero-order chi connectivity index (χ0) is 12.3. The van der Waals surface area contributed by atoms with E-state index in [0.717, 1.165) is 19.1 Å². The van der Waals surface area contributed by atoms with Gasteiger partial charge in [0.05, 0.1) is 6.07 Å². The lowest BCUT2D eigenvalue weighted by Gasteiger charge is -2.23. The van der Waals surface area contributed by atoms with E-state index in [-0.39, 0.29) is 0 Å². The third-order valence-electron chi connectivity index (χ3n) is 3.58. The summed E-state index contributed by atoms with van der Waals surface area (Å²) in [5.41, 5.74) is 4.18. The average Bonchev–Trinajstić information content (AvgIpc) is 3.12. The molecule has 2 heteroatoms. The maximum Gasteiger partial charge on any atom is 0.0635 e. The number of benzene rings is 1. The summed E-state index contributed by atoms with van der Waals surface area (Å²) in [5.74, 6) is 0. The van der Waals surface area contributed by atoms with E-state index in [2.05, 4.69) is 43.0 Å². The highest BCUT2D eigenvalue weighted by atomic mass is 15.2. The van der Waals surface area contributed by atoms with Gasteiger partial charge in [0, 0.05) is 25.6 Å². The molecule has 1 fully saturated rings. The first-order chi connectivity index (χ1) is 8.22. The van der Waals surface area contributed by atoms with Crippen molar-refractivity contribution < 1.29 is 0 Å². The topological polar surface area (TPSA) is 27.0 Å². The molecule has 0 saturated heterocycles. The summed E-state index contributed by atoms with van der Waals surface area (Å²) >= 11 is 0. The second-order valence-electron chi connectivity index (χ2n) is 4.98. The van der Waals surface area contributed by atoms with Crippen LogP contribution in [0.25, 0.3) is 0 Å². The molecule has 0 atom stereocenters. The van der Waals surface area contributed by atoms with Gasteiger partial charge in [-0.3, -0.25) is 4.90 Å². The third-order valence-corrected chi connectivity index (χ3v) is 3.58. The van der Waals surface area contributed by atoms with Crippen molar-refractivity contribution in [2.75, 3.05) is 6.54 Å².